The predicted molar refractivity (Wildman–Crippen MR) is 59.6 cm³/mol. The van der Waals surface area contributed by atoms with E-state index in [1.165, 1.54) is 10.8 Å². The first-order valence-electron chi connectivity index (χ1n) is 4.45. The summed E-state index contributed by atoms with van der Waals surface area (Å²) in [6, 6.07) is 0. The molecule has 0 saturated heterocycles. The molecule has 0 aromatic carbocycles. The highest BCUT2D eigenvalue weighted by Crippen LogP contribution is 2.46. The van der Waals surface area contributed by atoms with Crippen LogP contribution in [0.2, 0.25) is 0 Å². The minimum Gasteiger partial charge on any atom is -0.170 e. The predicted octanol–water partition coefficient (Wildman–Crippen LogP) is 4.75. The van der Waals surface area contributed by atoms with Gasteiger partial charge in [-0.15, -0.1) is 0 Å². The van der Waals surface area contributed by atoms with Gasteiger partial charge in [-0.25, -0.2) is 0 Å². The second kappa shape index (κ2) is 5.01. The van der Waals surface area contributed by atoms with Crippen LogP contribution in [0.25, 0.3) is 0 Å². The topological polar surface area (TPSA) is 0 Å². The highest BCUT2D eigenvalue weighted by Gasteiger charge is 2.42. The summed E-state index contributed by atoms with van der Waals surface area (Å²) < 4.78 is 37.4. The van der Waals surface area contributed by atoms with Crippen molar-refractivity contribution in [2.75, 3.05) is 0 Å². The Hall–Kier alpha value is 0.490. The quantitative estimate of drug-likeness (QED) is 0.659. The Kier molecular flexibility index (Phi) is 5.19. The summed E-state index contributed by atoms with van der Waals surface area (Å²) in [5.74, 6) is -0.380. The maximum absolute atomic E-state index is 12.5. The fourth-order valence-electron chi connectivity index (χ4n) is 0.740. The average Bonchev–Trinajstić information content (AvgIpc) is 1.79. The molecule has 0 fully saturated rings. The Balaban J connectivity index is 4.27. The Morgan fingerprint density at radius 3 is 1.64 bits per heavy atom. The minimum atomic E-state index is -4.10. The van der Waals surface area contributed by atoms with Crippen molar-refractivity contribution in [3.63, 3.8) is 0 Å². The molecule has 0 saturated carbocycles. The SMILES string of the molecule is CC(C)[C@@H](SSC(C)(C)C)C(F)(F)F. The average molecular weight is 246 g/mol. The Bertz CT molecular complexity index is 170. The van der Waals surface area contributed by atoms with E-state index in [0.29, 0.717) is 0 Å². The molecule has 0 aliphatic carbocycles. The maximum atomic E-state index is 12.5. The van der Waals surface area contributed by atoms with E-state index in [9.17, 15) is 13.2 Å². The van der Waals surface area contributed by atoms with E-state index < -0.39 is 11.4 Å². The van der Waals surface area contributed by atoms with E-state index in [4.69, 9.17) is 0 Å². The molecule has 0 bridgehead atoms. The summed E-state index contributed by atoms with van der Waals surface area (Å²) in [7, 11) is 2.23. The normalized spacial score (nSPS) is 16.1. The molecule has 86 valence electrons. The zero-order chi connectivity index (χ0) is 11.6. The fraction of sp³-hybridized carbons (Fsp3) is 1.00. The zero-order valence-electron chi connectivity index (χ0n) is 9.11. The molecule has 0 aromatic heterocycles. The van der Waals surface area contributed by atoms with Crippen LogP contribution in [-0.4, -0.2) is 16.2 Å². The first-order valence-corrected chi connectivity index (χ1v) is 6.66. The first-order chi connectivity index (χ1) is 6.04. The van der Waals surface area contributed by atoms with Crippen LogP contribution in [0.3, 0.4) is 0 Å². The first kappa shape index (κ1) is 14.5. The van der Waals surface area contributed by atoms with E-state index in [1.54, 1.807) is 13.8 Å². The summed E-state index contributed by atoms with van der Waals surface area (Å²) in [6.07, 6.45) is -4.10. The lowest BCUT2D eigenvalue weighted by atomic mass is 10.1. The molecule has 0 amide bonds. The largest absolute Gasteiger partial charge is 0.401 e. The van der Waals surface area contributed by atoms with Gasteiger partial charge in [-0.2, -0.15) is 13.2 Å². The van der Waals surface area contributed by atoms with Crippen molar-refractivity contribution in [3.8, 4) is 0 Å². The smallest absolute Gasteiger partial charge is 0.170 e. The van der Waals surface area contributed by atoms with Crippen molar-refractivity contribution in [1.82, 2.24) is 0 Å². The lowest BCUT2D eigenvalue weighted by molar-refractivity contribution is -0.135. The highest BCUT2D eigenvalue weighted by molar-refractivity contribution is 8.77. The maximum Gasteiger partial charge on any atom is 0.401 e. The van der Waals surface area contributed by atoms with Gasteiger partial charge in [0.15, 0.2) is 0 Å². The van der Waals surface area contributed by atoms with Crippen LogP contribution in [0.4, 0.5) is 13.2 Å². The number of hydrogen-bond acceptors (Lipinski definition) is 2. The summed E-state index contributed by atoms with van der Waals surface area (Å²) in [4.78, 5) is 0. The monoisotopic (exact) mass is 246 g/mol. The molecule has 0 heterocycles. The lowest BCUT2D eigenvalue weighted by Gasteiger charge is -2.26. The number of hydrogen-bond donors (Lipinski definition) is 0. The molecule has 0 aliphatic rings. The van der Waals surface area contributed by atoms with Gasteiger partial charge in [-0.1, -0.05) is 56.2 Å². The molecule has 0 N–H and O–H groups in total. The van der Waals surface area contributed by atoms with Crippen LogP contribution >= 0.6 is 21.6 Å². The fourth-order valence-corrected chi connectivity index (χ4v) is 3.63. The molecule has 0 radical (unpaired) electrons. The van der Waals surface area contributed by atoms with E-state index in [2.05, 4.69) is 0 Å². The third-order valence-corrected chi connectivity index (χ3v) is 5.36. The molecule has 0 spiro atoms. The molecule has 5 heteroatoms. The number of rotatable bonds is 3. The molecule has 0 unspecified atom stereocenters. The van der Waals surface area contributed by atoms with Gasteiger partial charge < -0.3 is 0 Å². The lowest BCUT2D eigenvalue weighted by Crippen LogP contribution is -2.30. The van der Waals surface area contributed by atoms with E-state index in [1.807, 2.05) is 20.8 Å². The Morgan fingerprint density at radius 1 is 1.00 bits per heavy atom. The van der Waals surface area contributed by atoms with Crippen molar-refractivity contribution in [2.45, 2.75) is 50.8 Å². The van der Waals surface area contributed by atoms with Crippen molar-refractivity contribution >= 4 is 21.6 Å². The van der Waals surface area contributed by atoms with Crippen LogP contribution in [0.15, 0.2) is 0 Å². The molecule has 0 nitrogen and oxygen atoms in total. The summed E-state index contributed by atoms with van der Waals surface area (Å²) in [5.41, 5.74) is 0. The van der Waals surface area contributed by atoms with Crippen LogP contribution in [-0.2, 0) is 0 Å². The standard InChI is InChI=1S/C9H17F3S2/c1-6(2)7(9(10,11)12)13-14-8(3,4)5/h6-7H,1-5H3/t7-/m1/s1. The second-order valence-corrected chi connectivity index (χ2v) is 7.67. The van der Waals surface area contributed by atoms with Gasteiger partial charge in [0.1, 0.15) is 5.25 Å². The van der Waals surface area contributed by atoms with Crippen molar-refractivity contribution in [3.05, 3.63) is 0 Å². The van der Waals surface area contributed by atoms with E-state index in [-0.39, 0.29) is 10.7 Å². The van der Waals surface area contributed by atoms with Crippen LogP contribution in [0, 0.1) is 5.92 Å². The van der Waals surface area contributed by atoms with Gasteiger partial charge in [0.2, 0.25) is 0 Å². The van der Waals surface area contributed by atoms with Gasteiger partial charge in [0, 0.05) is 4.75 Å². The molecule has 0 rings (SSSR count). The Morgan fingerprint density at radius 2 is 1.43 bits per heavy atom. The molecular formula is C9H17F3S2. The van der Waals surface area contributed by atoms with Gasteiger partial charge in [-0.3, -0.25) is 0 Å². The highest BCUT2D eigenvalue weighted by atomic mass is 33.1. The molecule has 0 aliphatic heterocycles. The zero-order valence-corrected chi connectivity index (χ0v) is 10.7. The Labute approximate surface area is 91.8 Å². The molecule has 14 heavy (non-hydrogen) atoms. The van der Waals surface area contributed by atoms with E-state index in [0.717, 1.165) is 10.8 Å². The van der Waals surface area contributed by atoms with Crippen LogP contribution < -0.4 is 0 Å². The van der Waals surface area contributed by atoms with Crippen LogP contribution in [0.1, 0.15) is 34.6 Å². The minimum absolute atomic E-state index is 0.136. The molecular weight excluding hydrogens is 229 g/mol. The van der Waals surface area contributed by atoms with Crippen molar-refractivity contribution in [1.29, 1.82) is 0 Å². The van der Waals surface area contributed by atoms with Crippen molar-refractivity contribution < 1.29 is 13.2 Å². The van der Waals surface area contributed by atoms with Gasteiger partial charge in [-0.05, 0) is 5.92 Å². The molecule has 0 aromatic rings. The number of alkyl halides is 3. The van der Waals surface area contributed by atoms with Gasteiger partial charge in [0.05, 0.1) is 0 Å². The van der Waals surface area contributed by atoms with Gasteiger partial charge >= 0.3 is 6.18 Å². The summed E-state index contributed by atoms with van der Waals surface area (Å²) in [6.45, 7) is 8.96. The summed E-state index contributed by atoms with van der Waals surface area (Å²) >= 11 is 0. The van der Waals surface area contributed by atoms with Gasteiger partial charge in [0.25, 0.3) is 0 Å². The summed E-state index contributed by atoms with van der Waals surface area (Å²) in [5, 5.41) is -1.27. The van der Waals surface area contributed by atoms with Crippen molar-refractivity contribution in [2.24, 2.45) is 5.92 Å². The third kappa shape index (κ3) is 6.06. The second-order valence-electron chi connectivity index (χ2n) is 4.50. The third-order valence-electron chi connectivity index (χ3n) is 1.33. The number of halogens is 3. The van der Waals surface area contributed by atoms with E-state index >= 15 is 0 Å². The molecule has 1 atom stereocenters. The van der Waals surface area contributed by atoms with Crippen LogP contribution in [0.5, 0.6) is 0 Å².